The summed E-state index contributed by atoms with van der Waals surface area (Å²) in [5.41, 5.74) is -0.966. The highest BCUT2D eigenvalue weighted by atomic mass is 19.4. The van der Waals surface area contributed by atoms with Gasteiger partial charge in [0, 0.05) is 6.54 Å². The van der Waals surface area contributed by atoms with Gasteiger partial charge in [-0.2, -0.15) is 13.2 Å². The van der Waals surface area contributed by atoms with Crippen LogP contribution in [0.25, 0.3) is 0 Å². The number of hydrogen-bond donors (Lipinski definition) is 1. The first kappa shape index (κ1) is 17.3. The minimum absolute atomic E-state index is 0.162. The van der Waals surface area contributed by atoms with E-state index in [4.69, 9.17) is 0 Å². The van der Waals surface area contributed by atoms with Gasteiger partial charge in [-0.25, -0.2) is 0 Å². The number of amides is 1. The van der Waals surface area contributed by atoms with Crippen molar-refractivity contribution in [3.8, 4) is 0 Å². The average molecular weight is 340 g/mol. The molecule has 1 saturated heterocycles. The fourth-order valence-corrected chi connectivity index (χ4v) is 4.05. The number of nitrogens with one attached hydrogen (secondary N) is 1. The predicted molar refractivity (Wildman–Crippen MR) is 86.6 cm³/mol. The van der Waals surface area contributed by atoms with Crippen LogP contribution in [0.1, 0.15) is 37.7 Å². The number of rotatable bonds is 3. The smallest absolute Gasteiger partial charge is 0.324 e. The van der Waals surface area contributed by atoms with Crippen LogP contribution in [0.4, 0.5) is 18.9 Å². The molecule has 1 aromatic rings. The highest BCUT2D eigenvalue weighted by Crippen LogP contribution is 2.36. The summed E-state index contributed by atoms with van der Waals surface area (Å²) in [5.74, 6) is 1.03. The molecule has 6 heteroatoms. The van der Waals surface area contributed by atoms with Crippen LogP contribution in [0.5, 0.6) is 0 Å². The monoisotopic (exact) mass is 340 g/mol. The van der Waals surface area contributed by atoms with Gasteiger partial charge in [-0.15, -0.1) is 0 Å². The van der Waals surface area contributed by atoms with E-state index in [9.17, 15) is 18.0 Å². The van der Waals surface area contributed by atoms with E-state index >= 15 is 0 Å². The number of nitrogens with zero attached hydrogens (tertiary/aromatic N) is 1. The number of anilines is 1. The molecule has 0 radical (unpaired) electrons. The Labute approximate surface area is 140 Å². The lowest BCUT2D eigenvalue weighted by molar-refractivity contribution is -0.137. The van der Waals surface area contributed by atoms with Gasteiger partial charge in [0.2, 0.25) is 5.91 Å². The predicted octanol–water partition coefficient (Wildman–Crippen LogP) is 4.16. The zero-order chi connectivity index (χ0) is 17.2. The second-order valence-corrected chi connectivity index (χ2v) is 6.92. The highest BCUT2D eigenvalue weighted by Gasteiger charge is 2.34. The molecule has 2 aliphatic rings. The molecule has 3 nitrogen and oxygen atoms in total. The van der Waals surface area contributed by atoms with Crippen LogP contribution in [-0.4, -0.2) is 30.4 Å². The van der Waals surface area contributed by atoms with Gasteiger partial charge in [0.15, 0.2) is 0 Å². The Balaban J connectivity index is 1.58. The van der Waals surface area contributed by atoms with E-state index in [0.29, 0.717) is 5.92 Å². The van der Waals surface area contributed by atoms with E-state index in [1.54, 1.807) is 0 Å². The number of para-hydroxylation sites is 1. The topological polar surface area (TPSA) is 32.3 Å². The molecule has 0 bridgehead atoms. The number of benzene rings is 1. The van der Waals surface area contributed by atoms with Gasteiger partial charge < -0.3 is 5.32 Å². The molecule has 1 aliphatic carbocycles. The summed E-state index contributed by atoms with van der Waals surface area (Å²) < 4.78 is 38.9. The van der Waals surface area contributed by atoms with Gasteiger partial charge in [0.05, 0.1) is 17.8 Å². The maximum Gasteiger partial charge on any atom is 0.418 e. The van der Waals surface area contributed by atoms with Crippen LogP contribution in [0.2, 0.25) is 0 Å². The summed E-state index contributed by atoms with van der Waals surface area (Å²) in [5, 5.41) is 2.44. The molecule has 1 aromatic carbocycles. The van der Waals surface area contributed by atoms with Crippen LogP contribution in [0, 0.1) is 11.8 Å². The number of hydrogen-bond acceptors (Lipinski definition) is 2. The Hall–Kier alpha value is -1.56. The maximum absolute atomic E-state index is 13.0. The SMILES string of the molecule is O=C(CN1CCC2CCCCC2C1)Nc1ccccc1C(F)(F)F. The molecular formula is C18H23F3N2O. The summed E-state index contributed by atoms with van der Waals surface area (Å²) in [4.78, 5) is 14.3. The van der Waals surface area contributed by atoms with Gasteiger partial charge in [-0.1, -0.05) is 31.4 Å². The second-order valence-electron chi connectivity index (χ2n) is 6.92. The Bertz CT molecular complexity index is 588. The van der Waals surface area contributed by atoms with Crippen molar-refractivity contribution in [3.63, 3.8) is 0 Å². The number of fused-ring (bicyclic) bond motifs is 1. The first-order valence-corrected chi connectivity index (χ1v) is 8.62. The molecule has 2 fully saturated rings. The highest BCUT2D eigenvalue weighted by molar-refractivity contribution is 5.93. The van der Waals surface area contributed by atoms with E-state index in [-0.39, 0.29) is 18.1 Å². The van der Waals surface area contributed by atoms with Gasteiger partial charge in [0.1, 0.15) is 0 Å². The summed E-state index contributed by atoms with van der Waals surface area (Å²) in [6.45, 7) is 1.91. The van der Waals surface area contributed by atoms with Crippen LogP contribution < -0.4 is 5.32 Å². The van der Waals surface area contributed by atoms with Gasteiger partial charge in [-0.3, -0.25) is 9.69 Å². The van der Waals surface area contributed by atoms with Crippen molar-refractivity contribution in [3.05, 3.63) is 29.8 Å². The molecule has 1 aliphatic heterocycles. The molecule has 1 heterocycles. The summed E-state index contributed by atoms with van der Waals surface area (Å²) in [7, 11) is 0. The van der Waals surface area contributed by atoms with Crippen molar-refractivity contribution in [1.82, 2.24) is 4.90 Å². The van der Waals surface area contributed by atoms with Crippen molar-refractivity contribution in [1.29, 1.82) is 0 Å². The van der Waals surface area contributed by atoms with Gasteiger partial charge >= 0.3 is 6.18 Å². The van der Waals surface area contributed by atoms with Gasteiger partial charge in [-0.05, 0) is 43.4 Å². The summed E-state index contributed by atoms with van der Waals surface area (Å²) >= 11 is 0. The van der Waals surface area contributed by atoms with Crippen LogP contribution in [0.15, 0.2) is 24.3 Å². The maximum atomic E-state index is 13.0. The summed E-state index contributed by atoms with van der Waals surface area (Å²) in [6.07, 6.45) is 1.67. The number of likely N-dealkylation sites (tertiary alicyclic amines) is 1. The molecule has 24 heavy (non-hydrogen) atoms. The first-order chi connectivity index (χ1) is 11.4. The third-order valence-electron chi connectivity index (χ3n) is 5.25. The Morgan fingerprint density at radius 1 is 1.12 bits per heavy atom. The van der Waals surface area contributed by atoms with Crippen molar-refractivity contribution in [2.24, 2.45) is 11.8 Å². The van der Waals surface area contributed by atoms with Crippen LogP contribution in [-0.2, 0) is 11.0 Å². The van der Waals surface area contributed by atoms with E-state index in [1.165, 1.54) is 43.9 Å². The zero-order valence-corrected chi connectivity index (χ0v) is 13.6. The Kier molecular flexibility index (Phi) is 5.13. The lowest BCUT2D eigenvalue weighted by atomic mass is 9.75. The van der Waals surface area contributed by atoms with E-state index in [2.05, 4.69) is 10.2 Å². The first-order valence-electron chi connectivity index (χ1n) is 8.62. The molecule has 2 atom stereocenters. The van der Waals surface area contributed by atoms with Crippen molar-refractivity contribution in [2.75, 3.05) is 25.0 Å². The standard InChI is InChI=1S/C18H23F3N2O/c19-18(20,21)15-7-3-4-8-16(15)22-17(24)12-23-10-9-13-5-1-2-6-14(13)11-23/h3-4,7-8,13-14H,1-2,5-6,9-12H2,(H,22,24). The molecule has 1 amide bonds. The molecule has 3 rings (SSSR count). The fraction of sp³-hybridized carbons (Fsp3) is 0.611. The quantitative estimate of drug-likeness (QED) is 0.896. The second kappa shape index (κ2) is 7.13. The largest absolute Gasteiger partial charge is 0.418 e. The number of halogens is 3. The Morgan fingerprint density at radius 2 is 1.83 bits per heavy atom. The number of piperidine rings is 1. The number of carbonyl (C=O) groups excluding carboxylic acids is 1. The van der Waals surface area contributed by atoms with Crippen LogP contribution >= 0.6 is 0 Å². The molecular weight excluding hydrogens is 317 g/mol. The number of alkyl halides is 3. The Morgan fingerprint density at radius 3 is 2.58 bits per heavy atom. The molecule has 0 spiro atoms. The lowest BCUT2D eigenvalue weighted by Gasteiger charge is -2.41. The zero-order valence-electron chi connectivity index (χ0n) is 13.6. The fourth-order valence-electron chi connectivity index (χ4n) is 4.05. The van der Waals surface area contributed by atoms with E-state index < -0.39 is 11.7 Å². The molecule has 2 unspecified atom stereocenters. The van der Waals surface area contributed by atoms with Crippen molar-refractivity contribution < 1.29 is 18.0 Å². The van der Waals surface area contributed by atoms with E-state index in [0.717, 1.165) is 31.5 Å². The van der Waals surface area contributed by atoms with Crippen molar-refractivity contribution >= 4 is 11.6 Å². The lowest BCUT2D eigenvalue weighted by Crippen LogP contribution is -2.44. The van der Waals surface area contributed by atoms with Gasteiger partial charge in [0.25, 0.3) is 0 Å². The third kappa shape index (κ3) is 4.09. The third-order valence-corrected chi connectivity index (χ3v) is 5.25. The van der Waals surface area contributed by atoms with E-state index in [1.807, 2.05) is 0 Å². The number of carbonyl (C=O) groups is 1. The molecule has 1 saturated carbocycles. The molecule has 1 N–H and O–H groups in total. The summed E-state index contributed by atoms with van der Waals surface area (Å²) in [6, 6.07) is 5.11. The minimum atomic E-state index is -4.47. The van der Waals surface area contributed by atoms with Crippen LogP contribution in [0.3, 0.4) is 0 Å². The average Bonchev–Trinajstić information content (AvgIpc) is 2.54. The minimum Gasteiger partial charge on any atom is -0.324 e. The molecule has 132 valence electrons. The van der Waals surface area contributed by atoms with Crippen molar-refractivity contribution in [2.45, 2.75) is 38.3 Å². The molecule has 0 aromatic heterocycles. The normalized spacial score (nSPS) is 25.1.